The van der Waals surface area contributed by atoms with Crippen LogP contribution in [-0.4, -0.2) is 19.4 Å². The largest absolute Gasteiger partial charge is 0.418 e. The first-order valence-corrected chi connectivity index (χ1v) is 3.15. The van der Waals surface area contributed by atoms with Crippen molar-refractivity contribution < 1.29 is 17.9 Å². The van der Waals surface area contributed by atoms with Crippen molar-refractivity contribution in [3.05, 3.63) is 11.6 Å². The van der Waals surface area contributed by atoms with Gasteiger partial charge in [0, 0.05) is 7.11 Å². The van der Waals surface area contributed by atoms with E-state index in [-0.39, 0.29) is 5.57 Å². The average molecular weight is 168 g/mol. The van der Waals surface area contributed by atoms with Crippen LogP contribution in [0.25, 0.3) is 0 Å². The Labute approximate surface area is 63.8 Å². The first kappa shape index (κ1) is 10.5. The van der Waals surface area contributed by atoms with Crippen molar-refractivity contribution in [1.29, 1.82) is 0 Å². The second-order valence-electron chi connectivity index (χ2n) is 2.19. The van der Waals surface area contributed by atoms with Crippen molar-refractivity contribution in [2.75, 3.05) is 7.11 Å². The number of hydrogen-bond acceptors (Lipinski definition) is 1. The number of halogens is 3. The molecule has 0 saturated carbocycles. The molecule has 0 fully saturated rings. The summed E-state index contributed by atoms with van der Waals surface area (Å²) >= 11 is 0. The Bertz CT molecular complexity index is 148. The Morgan fingerprint density at radius 2 is 1.91 bits per heavy atom. The number of hydrogen-bond donors (Lipinski definition) is 0. The molecule has 0 aromatic heterocycles. The van der Waals surface area contributed by atoms with E-state index in [0.717, 1.165) is 7.11 Å². The molecule has 0 aliphatic carbocycles. The van der Waals surface area contributed by atoms with Gasteiger partial charge in [0.1, 0.15) is 0 Å². The van der Waals surface area contributed by atoms with Crippen LogP contribution in [0.1, 0.15) is 13.8 Å². The van der Waals surface area contributed by atoms with E-state index in [0.29, 0.717) is 0 Å². The fourth-order valence-corrected chi connectivity index (χ4v) is 0.729. The Balaban J connectivity index is 4.42. The predicted octanol–water partition coefficient (Wildman–Crippen LogP) is 2.53. The van der Waals surface area contributed by atoms with Gasteiger partial charge in [-0.1, -0.05) is 6.08 Å². The molecule has 0 rings (SSSR count). The lowest BCUT2D eigenvalue weighted by Crippen LogP contribution is -2.31. The molecule has 0 radical (unpaired) electrons. The highest BCUT2D eigenvalue weighted by atomic mass is 19.4. The zero-order chi connectivity index (χ0) is 9.07. The van der Waals surface area contributed by atoms with Crippen molar-refractivity contribution in [2.45, 2.75) is 26.1 Å². The van der Waals surface area contributed by atoms with Crippen LogP contribution < -0.4 is 0 Å². The predicted molar refractivity (Wildman–Crippen MR) is 36.3 cm³/mol. The summed E-state index contributed by atoms with van der Waals surface area (Å²) in [7, 11) is 1.05. The van der Waals surface area contributed by atoms with Gasteiger partial charge in [0.2, 0.25) is 0 Å². The SMILES string of the molecule is C/C=C(\C)C(OC)C(F)(F)F. The van der Waals surface area contributed by atoms with Gasteiger partial charge < -0.3 is 4.74 Å². The van der Waals surface area contributed by atoms with Crippen LogP contribution in [0.3, 0.4) is 0 Å². The van der Waals surface area contributed by atoms with Crippen LogP contribution in [0.2, 0.25) is 0 Å². The summed E-state index contributed by atoms with van der Waals surface area (Å²) in [4.78, 5) is 0. The van der Waals surface area contributed by atoms with Crippen molar-refractivity contribution in [2.24, 2.45) is 0 Å². The average Bonchev–Trinajstić information content (AvgIpc) is 1.86. The van der Waals surface area contributed by atoms with Gasteiger partial charge >= 0.3 is 6.18 Å². The van der Waals surface area contributed by atoms with Crippen LogP contribution in [0, 0.1) is 0 Å². The zero-order valence-electron chi connectivity index (χ0n) is 6.70. The lowest BCUT2D eigenvalue weighted by molar-refractivity contribution is -0.199. The lowest BCUT2D eigenvalue weighted by Gasteiger charge is -2.18. The lowest BCUT2D eigenvalue weighted by atomic mass is 10.1. The summed E-state index contributed by atoms with van der Waals surface area (Å²) < 4.78 is 40.3. The molecule has 0 bridgehead atoms. The number of alkyl halides is 3. The third kappa shape index (κ3) is 2.93. The van der Waals surface area contributed by atoms with Gasteiger partial charge in [0.05, 0.1) is 0 Å². The molecule has 0 spiro atoms. The molecule has 0 aliphatic rings. The normalized spacial score (nSPS) is 16.7. The van der Waals surface area contributed by atoms with Gasteiger partial charge in [0.15, 0.2) is 6.10 Å². The zero-order valence-corrected chi connectivity index (χ0v) is 6.70. The first-order valence-electron chi connectivity index (χ1n) is 3.15. The van der Waals surface area contributed by atoms with Gasteiger partial charge in [-0.25, -0.2) is 0 Å². The first-order chi connectivity index (χ1) is 4.93. The molecule has 1 nitrogen and oxygen atoms in total. The third-order valence-electron chi connectivity index (χ3n) is 1.40. The molecule has 0 aromatic rings. The van der Waals surface area contributed by atoms with E-state index in [1.54, 1.807) is 6.92 Å². The van der Waals surface area contributed by atoms with Gasteiger partial charge in [0.25, 0.3) is 0 Å². The van der Waals surface area contributed by atoms with Crippen molar-refractivity contribution in [3.63, 3.8) is 0 Å². The van der Waals surface area contributed by atoms with E-state index >= 15 is 0 Å². The molecule has 1 unspecified atom stereocenters. The van der Waals surface area contributed by atoms with Crippen LogP contribution in [0.5, 0.6) is 0 Å². The molecular weight excluding hydrogens is 157 g/mol. The maximum absolute atomic E-state index is 12.0. The fraction of sp³-hybridized carbons (Fsp3) is 0.714. The number of ether oxygens (including phenoxy) is 1. The molecule has 0 aromatic carbocycles. The fourth-order valence-electron chi connectivity index (χ4n) is 0.729. The Hall–Kier alpha value is -0.510. The monoisotopic (exact) mass is 168 g/mol. The van der Waals surface area contributed by atoms with Gasteiger partial charge in [-0.2, -0.15) is 13.2 Å². The summed E-state index contributed by atoms with van der Waals surface area (Å²) in [6.45, 7) is 2.94. The highest BCUT2D eigenvalue weighted by Crippen LogP contribution is 2.27. The molecule has 0 amide bonds. The Morgan fingerprint density at radius 1 is 1.45 bits per heavy atom. The quantitative estimate of drug-likeness (QED) is 0.575. The van der Waals surface area contributed by atoms with Crippen LogP contribution in [0.4, 0.5) is 13.2 Å². The molecular formula is C7H11F3O. The minimum atomic E-state index is -4.30. The van der Waals surface area contributed by atoms with E-state index in [9.17, 15) is 13.2 Å². The Kier molecular flexibility index (Phi) is 3.58. The minimum absolute atomic E-state index is 0.181. The summed E-state index contributed by atoms with van der Waals surface area (Å²) in [6, 6.07) is 0. The smallest absolute Gasteiger partial charge is 0.368 e. The highest BCUT2D eigenvalue weighted by Gasteiger charge is 2.40. The minimum Gasteiger partial charge on any atom is -0.368 e. The molecule has 4 heteroatoms. The van der Waals surface area contributed by atoms with E-state index in [4.69, 9.17) is 0 Å². The molecule has 0 saturated heterocycles. The van der Waals surface area contributed by atoms with Crippen LogP contribution in [-0.2, 0) is 4.74 Å². The van der Waals surface area contributed by atoms with Crippen molar-refractivity contribution in [1.82, 2.24) is 0 Å². The van der Waals surface area contributed by atoms with E-state index in [1.807, 2.05) is 0 Å². The molecule has 0 N–H and O–H groups in total. The number of rotatable bonds is 2. The third-order valence-corrected chi connectivity index (χ3v) is 1.40. The maximum atomic E-state index is 12.0. The Morgan fingerprint density at radius 3 is 2.00 bits per heavy atom. The number of allylic oxidation sites excluding steroid dienone is 1. The second-order valence-corrected chi connectivity index (χ2v) is 2.19. The maximum Gasteiger partial charge on any atom is 0.418 e. The summed E-state index contributed by atoms with van der Waals surface area (Å²) in [5, 5.41) is 0. The van der Waals surface area contributed by atoms with Crippen molar-refractivity contribution >= 4 is 0 Å². The van der Waals surface area contributed by atoms with Gasteiger partial charge in [-0.3, -0.25) is 0 Å². The van der Waals surface area contributed by atoms with Crippen LogP contribution in [0.15, 0.2) is 11.6 Å². The molecule has 1 atom stereocenters. The topological polar surface area (TPSA) is 9.23 Å². The van der Waals surface area contributed by atoms with Crippen LogP contribution >= 0.6 is 0 Å². The van der Waals surface area contributed by atoms with Gasteiger partial charge in [-0.15, -0.1) is 0 Å². The summed E-state index contributed by atoms with van der Waals surface area (Å²) in [5.74, 6) is 0. The van der Waals surface area contributed by atoms with Crippen molar-refractivity contribution in [3.8, 4) is 0 Å². The van der Waals surface area contributed by atoms with E-state index in [2.05, 4.69) is 4.74 Å². The van der Waals surface area contributed by atoms with E-state index in [1.165, 1.54) is 13.0 Å². The van der Waals surface area contributed by atoms with Gasteiger partial charge in [-0.05, 0) is 19.4 Å². The molecule has 0 heterocycles. The molecule has 11 heavy (non-hydrogen) atoms. The summed E-state index contributed by atoms with van der Waals surface area (Å²) in [6.07, 6.45) is -4.67. The molecule has 66 valence electrons. The van der Waals surface area contributed by atoms with E-state index < -0.39 is 12.3 Å². The standard InChI is InChI=1S/C7H11F3O/c1-4-5(2)6(11-3)7(8,9)10/h4,6H,1-3H3/b5-4+. The molecule has 0 aliphatic heterocycles. The summed E-state index contributed by atoms with van der Waals surface area (Å²) in [5.41, 5.74) is 0.181. The highest BCUT2D eigenvalue weighted by molar-refractivity contribution is 5.06. The second kappa shape index (κ2) is 3.76. The number of methoxy groups -OCH3 is 1.